The highest BCUT2D eigenvalue weighted by Gasteiger charge is 2.63. The molecule has 9 rings (SSSR count). The highest BCUT2D eigenvalue weighted by atomic mass is 16.6. The van der Waals surface area contributed by atoms with Crippen molar-refractivity contribution in [3.8, 4) is 11.1 Å². The van der Waals surface area contributed by atoms with Crippen LogP contribution in [0.25, 0.3) is 22.1 Å². The van der Waals surface area contributed by atoms with E-state index in [0.29, 0.717) is 66.9 Å². The number of Topliss-reactive ketones (excluding diaryl/α,β-unsaturated/α-hetero) is 2. The van der Waals surface area contributed by atoms with Crippen LogP contribution in [0, 0.1) is 17.3 Å². The molecule has 2 fully saturated rings. The maximum Gasteiger partial charge on any atom is 0.342 e. The smallest absolute Gasteiger partial charge is 0.342 e. The lowest BCUT2D eigenvalue weighted by Crippen LogP contribution is -2.56. The number of carbonyl (C=O) groups is 4. The van der Waals surface area contributed by atoms with Gasteiger partial charge in [-0.25, -0.2) is 4.79 Å². The van der Waals surface area contributed by atoms with Gasteiger partial charge in [-0.2, -0.15) is 0 Å². The zero-order valence-electron chi connectivity index (χ0n) is 30.4. The minimum Gasteiger partial charge on any atom is -0.467 e. The Morgan fingerprint density at radius 1 is 0.963 bits per heavy atom. The number of methoxy groups -OCH3 is 1. The Labute approximate surface area is 311 Å². The molecule has 1 saturated carbocycles. The molecule has 2 aliphatic heterocycles. The van der Waals surface area contributed by atoms with Crippen molar-refractivity contribution in [3.63, 3.8) is 0 Å². The van der Waals surface area contributed by atoms with Crippen LogP contribution in [-0.4, -0.2) is 76.7 Å². The molecule has 3 aliphatic carbocycles. The molecule has 0 spiro atoms. The Balaban J connectivity index is 0.000000160. The Morgan fingerprint density at radius 3 is 2.48 bits per heavy atom. The van der Waals surface area contributed by atoms with Crippen LogP contribution in [0.4, 0.5) is 5.88 Å². The summed E-state index contributed by atoms with van der Waals surface area (Å²) >= 11 is 0. The molecule has 2 aromatic heterocycles. The van der Waals surface area contributed by atoms with Gasteiger partial charge in [0.05, 0.1) is 37.2 Å². The SMILES string of the molecule is COC[C@H]1OC(=O)c2coc3c2[C@@]1(C)C1=C(C3=O)C2CCC(=O)[C@@]2(C)C[C@H]1COC=O.O=c1cc(N2CCOCC2)oc2c(-c3ccccc3)cccc12. The summed E-state index contributed by atoms with van der Waals surface area (Å²) < 4.78 is 33.4. The average molecular weight is 736 g/mol. The van der Waals surface area contributed by atoms with Gasteiger partial charge in [0.25, 0.3) is 6.47 Å². The lowest BCUT2D eigenvalue weighted by Gasteiger charge is -2.52. The van der Waals surface area contributed by atoms with E-state index in [1.165, 1.54) is 13.4 Å². The molecule has 4 aromatic rings. The van der Waals surface area contributed by atoms with Crippen LogP contribution in [0.5, 0.6) is 0 Å². The number of hydrogen-bond donors (Lipinski definition) is 0. The van der Waals surface area contributed by atoms with E-state index in [1.807, 2.05) is 62.4 Å². The van der Waals surface area contributed by atoms with Gasteiger partial charge in [0, 0.05) is 66.6 Å². The molecule has 12 heteroatoms. The number of allylic oxidation sites excluding steroid dienone is 1. The highest BCUT2D eigenvalue weighted by Crippen LogP contribution is 2.62. The molecular formula is C42H41NO11. The van der Waals surface area contributed by atoms with Crippen LogP contribution in [-0.2, 0) is 34.0 Å². The second-order valence-electron chi connectivity index (χ2n) is 14.9. The number of cyclic esters (lactones) is 1. The number of esters is 1. The van der Waals surface area contributed by atoms with Crippen molar-refractivity contribution in [2.75, 3.05) is 51.5 Å². The maximum absolute atomic E-state index is 13.7. The van der Waals surface area contributed by atoms with E-state index in [1.54, 1.807) is 6.07 Å². The van der Waals surface area contributed by atoms with Gasteiger partial charge in [-0.3, -0.25) is 19.2 Å². The first-order chi connectivity index (χ1) is 26.1. The third-order valence-electron chi connectivity index (χ3n) is 12.1. The molecule has 4 heterocycles. The minimum absolute atomic E-state index is 0.00878. The summed E-state index contributed by atoms with van der Waals surface area (Å²) in [5.41, 5.74) is 3.09. The van der Waals surface area contributed by atoms with E-state index in [4.69, 9.17) is 27.8 Å². The van der Waals surface area contributed by atoms with E-state index in [9.17, 15) is 24.0 Å². The number of benzene rings is 2. The second kappa shape index (κ2) is 13.8. The van der Waals surface area contributed by atoms with Gasteiger partial charge in [0.15, 0.2) is 17.1 Å². The fraction of sp³-hybridized carbons (Fsp3) is 0.405. The monoisotopic (exact) mass is 735 g/mol. The predicted octanol–water partition coefficient (Wildman–Crippen LogP) is 5.69. The van der Waals surface area contributed by atoms with Crippen LogP contribution in [0.2, 0.25) is 0 Å². The molecule has 1 unspecified atom stereocenters. The number of rotatable bonds is 7. The molecule has 280 valence electrons. The molecule has 5 aliphatic rings. The molecule has 0 amide bonds. The van der Waals surface area contributed by atoms with E-state index < -0.39 is 22.9 Å². The van der Waals surface area contributed by atoms with Crippen molar-refractivity contribution in [2.45, 2.75) is 44.6 Å². The lowest BCUT2D eigenvalue weighted by molar-refractivity contribution is -0.131. The quantitative estimate of drug-likeness (QED) is 0.169. The fourth-order valence-corrected chi connectivity index (χ4v) is 9.49. The van der Waals surface area contributed by atoms with Crippen molar-refractivity contribution in [1.29, 1.82) is 0 Å². The third kappa shape index (κ3) is 5.53. The normalized spacial score (nSPS) is 27.1. The van der Waals surface area contributed by atoms with Crippen LogP contribution < -0.4 is 10.3 Å². The van der Waals surface area contributed by atoms with E-state index in [0.717, 1.165) is 29.8 Å². The molecule has 1 saturated heterocycles. The van der Waals surface area contributed by atoms with Gasteiger partial charge in [-0.05, 0) is 37.0 Å². The van der Waals surface area contributed by atoms with Gasteiger partial charge < -0.3 is 32.7 Å². The van der Waals surface area contributed by atoms with Gasteiger partial charge in [-0.1, -0.05) is 49.4 Å². The maximum atomic E-state index is 13.7. The molecule has 54 heavy (non-hydrogen) atoms. The van der Waals surface area contributed by atoms with Gasteiger partial charge in [-0.15, -0.1) is 0 Å². The molecule has 0 N–H and O–H groups in total. The summed E-state index contributed by atoms with van der Waals surface area (Å²) in [6, 6.07) is 17.3. The number of fused-ring (bicyclic) bond motifs is 4. The molecule has 0 bridgehead atoms. The fourth-order valence-electron chi connectivity index (χ4n) is 9.49. The van der Waals surface area contributed by atoms with Gasteiger partial charge >= 0.3 is 5.97 Å². The average Bonchev–Trinajstić information content (AvgIpc) is 3.78. The van der Waals surface area contributed by atoms with Gasteiger partial charge in [0.2, 0.25) is 5.78 Å². The Bertz CT molecular complexity index is 2250. The largest absolute Gasteiger partial charge is 0.467 e. The summed E-state index contributed by atoms with van der Waals surface area (Å²) in [5.74, 6) is -0.603. The summed E-state index contributed by atoms with van der Waals surface area (Å²) in [4.78, 5) is 64.8. The standard InChI is InChI=1S/C23H24O8.C19H17NO3/c1-22-6-11(7-29-10-24)17-16(13(22)4-5-14(22)25)19(26)20-18-12(8-30-20)21(27)31-15(9-28-3)23(17,18)2;21-17-13-18(20-9-11-22-12-10-20)23-19-15(7-4-8-16(17)19)14-5-2-1-3-6-14/h8,10-11,13,15H,4-7,9H2,1-3H3;1-8,13H,9-12H2/t11-,13?,15+,22-,23+;/m0./s1. The Hall–Kier alpha value is -5.33. The van der Waals surface area contributed by atoms with Crippen molar-refractivity contribution in [3.05, 3.63) is 99.1 Å². The summed E-state index contributed by atoms with van der Waals surface area (Å²) in [6.45, 7) is 7.15. The van der Waals surface area contributed by atoms with Crippen LogP contribution >= 0.6 is 0 Å². The molecule has 0 radical (unpaired) electrons. The molecule has 2 aromatic carbocycles. The number of hydrogen-bond acceptors (Lipinski definition) is 12. The van der Waals surface area contributed by atoms with Crippen LogP contribution in [0.3, 0.4) is 0 Å². The number of ketones is 2. The minimum atomic E-state index is -0.894. The van der Waals surface area contributed by atoms with Crippen molar-refractivity contribution in [2.24, 2.45) is 17.3 Å². The zero-order chi connectivity index (χ0) is 37.8. The van der Waals surface area contributed by atoms with Crippen molar-refractivity contribution < 1.29 is 47.0 Å². The topological polar surface area (TPSA) is 152 Å². The first-order valence-electron chi connectivity index (χ1n) is 18.3. The Morgan fingerprint density at radius 2 is 1.74 bits per heavy atom. The first-order valence-corrected chi connectivity index (χ1v) is 18.3. The summed E-state index contributed by atoms with van der Waals surface area (Å²) in [5, 5.41) is 0.614. The Kier molecular flexibility index (Phi) is 9.13. The summed E-state index contributed by atoms with van der Waals surface area (Å²) in [6.07, 6.45) is 2.03. The third-order valence-corrected chi connectivity index (χ3v) is 12.1. The van der Waals surface area contributed by atoms with Crippen molar-refractivity contribution >= 4 is 40.9 Å². The molecule has 12 nitrogen and oxygen atoms in total. The number of nitrogens with zero attached hydrogens (tertiary/aromatic N) is 1. The number of carbonyl (C=O) groups excluding carboxylic acids is 4. The number of furan rings is 1. The number of ether oxygens (including phenoxy) is 4. The second-order valence-corrected chi connectivity index (χ2v) is 14.9. The number of anilines is 1. The zero-order valence-corrected chi connectivity index (χ0v) is 30.4. The van der Waals surface area contributed by atoms with E-state index in [2.05, 4.69) is 4.90 Å². The van der Waals surface area contributed by atoms with E-state index >= 15 is 0 Å². The van der Waals surface area contributed by atoms with Crippen LogP contribution in [0.15, 0.2) is 85.6 Å². The van der Waals surface area contributed by atoms with E-state index in [-0.39, 0.29) is 53.4 Å². The molecule has 5 atom stereocenters. The summed E-state index contributed by atoms with van der Waals surface area (Å²) in [7, 11) is 1.52. The number of para-hydroxylation sites is 1. The highest BCUT2D eigenvalue weighted by molar-refractivity contribution is 6.14. The predicted molar refractivity (Wildman–Crippen MR) is 195 cm³/mol. The van der Waals surface area contributed by atoms with Gasteiger partial charge in [0.1, 0.15) is 29.3 Å². The number of morpholine rings is 1. The van der Waals surface area contributed by atoms with Crippen LogP contribution in [0.1, 0.15) is 59.6 Å². The lowest BCUT2D eigenvalue weighted by atomic mass is 9.52. The first kappa shape index (κ1) is 35.7. The van der Waals surface area contributed by atoms with Crippen molar-refractivity contribution in [1.82, 2.24) is 0 Å². The molecular weight excluding hydrogens is 694 g/mol.